The lowest BCUT2D eigenvalue weighted by Gasteiger charge is -2.24. The standard InChI is InChI=1S/C13H19NOS/c1-2-14-12(10-11-6-5-9-16-11)13-7-3-4-8-15-13/h5-7,9,12,14H,2-4,8,10H2,1H3. The molecule has 0 saturated heterocycles. The van der Waals surface area contributed by atoms with Crippen LogP contribution in [-0.4, -0.2) is 19.2 Å². The zero-order chi connectivity index (χ0) is 11.2. The van der Waals surface area contributed by atoms with Crippen molar-refractivity contribution in [2.24, 2.45) is 0 Å². The zero-order valence-corrected chi connectivity index (χ0v) is 10.6. The summed E-state index contributed by atoms with van der Waals surface area (Å²) >= 11 is 1.82. The smallest absolute Gasteiger partial charge is 0.109 e. The van der Waals surface area contributed by atoms with E-state index in [1.807, 2.05) is 11.3 Å². The van der Waals surface area contributed by atoms with Crippen molar-refractivity contribution < 1.29 is 4.74 Å². The molecule has 1 unspecified atom stereocenters. The largest absolute Gasteiger partial charge is 0.497 e. The van der Waals surface area contributed by atoms with Gasteiger partial charge in [0.1, 0.15) is 5.76 Å². The molecule has 1 aromatic heterocycles. The third-order valence-corrected chi connectivity index (χ3v) is 3.64. The SMILES string of the molecule is CCNC(Cc1cccs1)C1=CCCCO1. The highest BCUT2D eigenvalue weighted by atomic mass is 32.1. The summed E-state index contributed by atoms with van der Waals surface area (Å²) in [6.45, 7) is 4.00. The van der Waals surface area contributed by atoms with Crippen molar-refractivity contribution in [1.82, 2.24) is 5.32 Å². The molecule has 0 fully saturated rings. The first-order valence-electron chi connectivity index (χ1n) is 5.98. The summed E-state index contributed by atoms with van der Waals surface area (Å²) in [6.07, 6.45) is 5.59. The number of rotatable bonds is 5. The van der Waals surface area contributed by atoms with Crippen LogP contribution in [0.3, 0.4) is 0 Å². The van der Waals surface area contributed by atoms with Crippen molar-refractivity contribution in [2.45, 2.75) is 32.2 Å². The molecule has 0 radical (unpaired) electrons. The second-order valence-corrected chi connectivity index (χ2v) is 5.02. The number of nitrogens with one attached hydrogen (secondary N) is 1. The summed E-state index contributed by atoms with van der Waals surface area (Å²) in [6, 6.07) is 4.65. The number of allylic oxidation sites excluding steroid dienone is 1. The van der Waals surface area contributed by atoms with Gasteiger partial charge in [0.05, 0.1) is 12.6 Å². The molecular weight excluding hydrogens is 218 g/mol. The Bertz CT molecular complexity index is 332. The van der Waals surface area contributed by atoms with Gasteiger partial charge >= 0.3 is 0 Å². The fourth-order valence-electron chi connectivity index (χ4n) is 1.97. The van der Waals surface area contributed by atoms with Crippen LogP contribution in [0.2, 0.25) is 0 Å². The molecule has 2 rings (SSSR count). The van der Waals surface area contributed by atoms with Gasteiger partial charge in [0.15, 0.2) is 0 Å². The summed E-state index contributed by atoms with van der Waals surface area (Å²) in [7, 11) is 0. The fourth-order valence-corrected chi connectivity index (χ4v) is 2.72. The van der Waals surface area contributed by atoms with Crippen molar-refractivity contribution in [1.29, 1.82) is 0 Å². The summed E-state index contributed by atoms with van der Waals surface area (Å²) in [5, 5.41) is 5.64. The Balaban J connectivity index is 2.01. The van der Waals surface area contributed by atoms with E-state index in [1.165, 1.54) is 4.88 Å². The maximum atomic E-state index is 5.74. The van der Waals surface area contributed by atoms with Gasteiger partial charge in [0.2, 0.25) is 0 Å². The van der Waals surface area contributed by atoms with Gasteiger partial charge in [-0.1, -0.05) is 13.0 Å². The molecule has 0 saturated carbocycles. The first-order chi connectivity index (χ1) is 7.90. The molecule has 1 atom stereocenters. The van der Waals surface area contributed by atoms with Gasteiger partial charge < -0.3 is 10.1 Å². The summed E-state index contributed by atoms with van der Waals surface area (Å²) in [4.78, 5) is 1.42. The number of hydrogen-bond acceptors (Lipinski definition) is 3. The van der Waals surface area contributed by atoms with Gasteiger partial charge in [0, 0.05) is 11.3 Å². The number of ether oxygens (including phenoxy) is 1. The van der Waals surface area contributed by atoms with Crippen LogP contribution in [0, 0.1) is 0 Å². The van der Waals surface area contributed by atoms with Crippen LogP contribution in [0.15, 0.2) is 29.3 Å². The second-order valence-electron chi connectivity index (χ2n) is 3.99. The molecule has 2 heterocycles. The zero-order valence-electron chi connectivity index (χ0n) is 9.74. The average Bonchev–Trinajstić information content (AvgIpc) is 2.83. The van der Waals surface area contributed by atoms with Crippen LogP contribution in [0.1, 0.15) is 24.6 Å². The fraction of sp³-hybridized carbons (Fsp3) is 0.538. The minimum atomic E-state index is 0.351. The number of thiophene rings is 1. The summed E-state index contributed by atoms with van der Waals surface area (Å²) < 4.78 is 5.74. The number of hydrogen-bond donors (Lipinski definition) is 1. The van der Waals surface area contributed by atoms with Crippen molar-refractivity contribution in [3.63, 3.8) is 0 Å². The van der Waals surface area contributed by atoms with E-state index in [-0.39, 0.29) is 0 Å². The Morgan fingerprint density at radius 3 is 3.12 bits per heavy atom. The molecule has 1 aliphatic rings. The molecule has 0 aromatic carbocycles. The molecular formula is C13H19NOS. The molecule has 16 heavy (non-hydrogen) atoms. The maximum absolute atomic E-state index is 5.74. The predicted molar refractivity (Wildman–Crippen MR) is 68.8 cm³/mol. The average molecular weight is 237 g/mol. The highest BCUT2D eigenvalue weighted by Crippen LogP contribution is 2.19. The van der Waals surface area contributed by atoms with Crippen molar-refractivity contribution in [3.05, 3.63) is 34.2 Å². The maximum Gasteiger partial charge on any atom is 0.109 e. The van der Waals surface area contributed by atoms with Gasteiger partial charge in [-0.15, -0.1) is 11.3 Å². The van der Waals surface area contributed by atoms with Crippen LogP contribution >= 0.6 is 11.3 Å². The molecule has 88 valence electrons. The molecule has 0 aliphatic carbocycles. The third-order valence-electron chi connectivity index (χ3n) is 2.74. The van der Waals surface area contributed by atoms with E-state index in [0.717, 1.165) is 38.2 Å². The van der Waals surface area contributed by atoms with Crippen molar-refractivity contribution in [3.8, 4) is 0 Å². The lowest BCUT2D eigenvalue weighted by Crippen LogP contribution is -2.34. The van der Waals surface area contributed by atoms with E-state index in [1.54, 1.807) is 0 Å². The second kappa shape index (κ2) is 6.06. The van der Waals surface area contributed by atoms with Crippen molar-refractivity contribution in [2.75, 3.05) is 13.2 Å². The Hall–Kier alpha value is -0.800. The van der Waals surface area contributed by atoms with E-state index >= 15 is 0 Å². The van der Waals surface area contributed by atoms with E-state index in [4.69, 9.17) is 4.74 Å². The Labute approximate surface area is 101 Å². The quantitative estimate of drug-likeness (QED) is 0.850. The lowest BCUT2D eigenvalue weighted by atomic mass is 10.1. The first-order valence-corrected chi connectivity index (χ1v) is 6.86. The third kappa shape index (κ3) is 3.09. The van der Waals surface area contributed by atoms with E-state index in [9.17, 15) is 0 Å². The summed E-state index contributed by atoms with van der Waals surface area (Å²) in [5.41, 5.74) is 0. The molecule has 1 aliphatic heterocycles. The first kappa shape index (κ1) is 11.7. The van der Waals surface area contributed by atoms with Gasteiger partial charge in [0.25, 0.3) is 0 Å². The Morgan fingerprint density at radius 1 is 1.56 bits per heavy atom. The number of likely N-dealkylation sites (N-methyl/N-ethyl adjacent to an activating group) is 1. The van der Waals surface area contributed by atoms with Gasteiger partial charge in [-0.05, 0) is 36.9 Å². The molecule has 2 nitrogen and oxygen atoms in total. The highest BCUT2D eigenvalue weighted by molar-refractivity contribution is 7.09. The van der Waals surface area contributed by atoms with Crippen LogP contribution in [0.5, 0.6) is 0 Å². The molecule has 1 N–H and O–H groups in total. The minimum Gasteiger partial charge on any atom is -0.497 e. The van der Waals surface area contributed by atoms with Gasteiger partial charge in [-0.2, -0.15) is 0 Å². The molecule has 0 bridgehead atoms. The Kier molecular flexibility index (Phi) is 4.43. The minimum absolute atomic E-state index is 0.351. The van der Waals surface area contributed by atoms with E-state index in [2.05, 4.69) is 35.8 Å². The van der Waals surface area contributed by atoms with Crippen LogP contribution in [-0.2, 0) is 11.2 Å². The van der Waals surface area contributed by atoms with Gasteiger partial charge in [-0.3, -0.25) is 0 Å². The van der Waals surface area contributed by atoms with Crippen LogP contribution < -0.4 is 5.32 Å². The van der Waals surface area contributed by atoms with Gasteiger partial charge in [-0.25, -0.2) is 0 Å². The predicted octanol–water partition coefficient (Wildman–Crippen LogP) is 2.96. The molecule has 0 spiro atoms. The van der Waals surface area contributed by atoms with E-state index in [0.29, 0.717) is 6.04 Å². The normalized spacial score (nSPS) is 17.7. The Morgan fingerprint density at radius 2 is 2.50 bits per heavy atom. The summed E-state index contributed by atoms with van der Waals surface area (Å²) in [5.74, 6) is 1.14. The van der Waals surface area contributed by atoms with E-state index < -0.39 is 0 Å². The molecule has 1 aromatic rings. The highest BCUT2D eigenvalue weighted by Gasteiger charge is 2.17. The topological polar surface area (TPSA) is 21.3 Å². The van der Waals surface area contributed by atoms with Crippen molar-refractivity contribution >= 4 is 11.3 Å². The monoisotopic (exact) mass is 237 g/mol. The molecule has 0 amide bonds. The van der Waals surface area contributed by atoms with Crippen LogP contribution in [0.4, 0.5) is 0 Å². The van der Waals surface area contributed by atoms with Crippen LogP contribution in [0.25, 0.3) is 0 Å². The molecule has 3 heteroatoms. The lowest BCUT2D eigenvalue weighted by molar-refractivity contribution is 0.167.